The maximum atomic E-state index is 11.7. The Hall–Kier alpha value is -2.37. The van der Waals surface area contributed by atoms with Gasteiger partial charge in [0.1, 0.15) is 16.9 Å². The van der Waals surface area contributed by atoms with Crippen LogP contribution >= 0.6 is 0 Å². The van der Waals surface area contributed by atoms with Gasteiger partial charge in [-0.1, -0.05) is 36.4 Å². The van der Waals surface area contributed by atoms with E-state index in [1.165, 1.54) is 37.5 Å². The van der Waals surface area contributed by atoms with E-state index in [-0.39, 0.29) is 29.2 Å². The highest BCUT2D eigenvalue weighted by atomic mass is 32.2. The first kappa shape index (κ1) is 21.9. The number of hydrogen-bond donors (Lipinski definition) is 2. The van der Waals surface area contributed by atoms with Gasteiger partial charge in [-0.25, -0.2) is 0 Å². The molecule has 2 aromatic carbocycles. The van der Waals surface area contributed by atoms with Crippen molar-refractivity contribution < 1.29 is 35.4 Å². The van der Waals surface area contributed by atoms with Crippen molar-refractivity contribution in [2.75, 3.05) is 7.11 Å². The van der Waals surface area contributed by atoms with Crippen LogP contribution in [-0.2, 0) is 44.0 Å². The molecule has 1 atom stereocenters. The average molecular weight is 426 g/mol. The molecule has 0 saturated heterocycles. The standard InChI is InChI=1S/C18H18O8S2/c1-25-12-14-3-4-15(17(10-14)26-27(20)21)6-7-16-5-2-13(8-9-19)11-18(16)28(22,23)24/h2-7,9-11H,8,12H2,1H3,(H,20,21)(H,22,23,24)/b7-6+. The van der Waals surface area contributed by atoms with E-state index in [1.54, 1.807) is 18.2 Å². The van der Waals surface area contributed by atoms with E-state index in [0.717, 1.165) is 0 Å². The Balaban J connectivity index is 2.47. The van der Waals surface area contributed by atoms with Crippen LogP contribution in [0.5, 0.6) is 5.75 Å². The Labute approximate surface area is 165 Å². The van der Waals surface area contributed by atoms with Crippen molar-refractivity contribution in [3.63, 3.8) is 0 Å². The molecule has 2 rings (SSSR count). The number of carbonyl (C=O) groups excluding carboxylic acids is 1. The lowest BCUT2D eigenvalue weighted by Crippen LogP contribution is -2.02. The van der Waals surface area contributed by atoms with Crippen LogP contribution in [0.1, 0.15) is 22.3 Å². The molecule has 1 unspecified atom stereocenters. The highest BCUT2D eigenvalue weighted by Gasteiger charge is 2.15. The monoisotopic (exact) mass is 426 g/mol. The number of carbonyl (C=O) groups is 1. The van der Waals surface area contributed by atoms with Crippen molar-refractivity contribution in [1.82, 2.24) is 0 Å². The third-order valence-corrected chi connectivity index (χ3v) is 4.90. The normalized spacial score (nSPS) is 12.8. The first-order valence-electron chi connectivity index (χ1n) is 7.87. The molecule has 0 bridgehead atoms. The van der Waals surface area contributed by atoms with Crippen LogP contribution in [0.2, 0.25) is 0 Å². The zero-order valence-electron chi connectivity index (χ0n) is 14.8. The first-order chi connectivity index (χ1) is 13.2. The molecule has 0 amide bonds. The molecule has 0 spiro atoms. The highest BCUT2D eigenvalue weighted by Crippen LogP contribution is 2.26. The third kappa shape index (κ3) is 6.08. The van der Waals surface area contributed by atoms with Crippen LogP contribution in [0.4, 0.5) is 0 Å². The number of methoxy groups -OCH3 is 1. The van der Waals surface area contributed by atoms with Crippen LogP contribution < -0.4 is 4.18 Å². The number of aldehydes is 1. The lowest BCUT2D eigenvalue weighted by atomic mass is 10.1. The smallest absolute Gasteiger partial charge is 0.357 e. The highest BCUT2D eigenvalue weighted by molar-refractivity contribution is 7.86. The Morgan fingerprint density at radius 2 is 1.71 bits per heavy atom. The minimum atomic E-state index is -4.53. The van der Waals surface area contributed by atoms with Gasteiger partial charge in [-0.3, -0.25) is 9.11 Å². The summed E-state index contributed by atoms with van der Waals surface area (Å²) in [5.74, 6) is 0.0950. The number of benzene rings is 2. The summed E-state index contributed by atoms with van der Waals surface area (Å²) in [6, 6.07) is 9.07. The SMILES string of the molecule is COCc1ccc(/C=C/c2ccc(CC=O)cc2S(=O)(=O)O)c(OS(=O)O)c1. The van der Waals surface area contributed by atoms with Crippen molar-refractivity contribution in [2.24, 2.45) is 0 Å². The molecule has 0 aromatic heterocycles. The summed E-state index contributed by atoms with van der Waals surface area (Å²) in [6.07, 6.45) is 3.51. The molecule has 0 saturated carbocycles. The zero-order chi connectivity index (χ0) is 20.7. The molecule has 2 N–H and O–H groups in total. The summed E-state index contributed by atoms with van der Waals surface area (Å²) in [4.78, 5) is 10.3. The third-order valence-electron chi connectivity index (χ3n) is 3.67. The zero-order valence-corrected chi connectivity index (χ0v) is 16.4. The van der Waals surface area contributed by atoms with Crippen LogP contribution in [0.15, 0.2) is 41.3 Å². The van der Waals surface area contributed by atoms with E-state index in [0.29, 0.717) is 23.0 Å². The predicted molar refractivity (Wildman–Crippen MR) is 104 cm³/mol. The average Bonchev–Trinajstić information content (AvgIpc) is 2.61. The topological polar surface area (TPSA) is 127 Å². The molecule has 0 aliphatic heterocycles. The second kappa shape index (κ2) is 9.71. The molecule has 8 nitrogen and oxygen atoms in total. The fourth-order valence-corrected chi connectivity index (χ4v) is 3.50. The fraction of sp³-hybridized carbons (Fsp3) is 0.167. The van der Waals surface area contributed by atoms with Gasteiger partial charge in [0, 0.05) is 19.1 Å². The molecule has 0 heterocycles. The van der Waals surface area contributed by atoms with Crippen molar-refractivity contribution in [3.05, 3.63) is 58.7 Å². The van der Waals surface area contributed by atoms with Crippen molar-refractivity contribution in [3.8, 4) is 5.75 Å². The van der Waals surface area contributed by atoms with Crippen LogP contribution in [0, 0.1) is 0 Å². The van der Waals surface area contributed by atoms with Gasteiger partial charge in [-0.2, -0.15) is 12.6 Å². The lowest BCUT2D eigenvalue weighted by molar-refractivity contribution is -0.107. The van der Waals surface area contributed by atoms with Gasteiger partial charge < -0.3 is 13.7 Å². The van der Waals surface area contributed by atoms with E-state index >= 15 is 0 Å². The van der Waals surface area contributed by atoms with E-state index in [9.17, 15) is 22.0 Å². The largest absolute Gasteiger partial charge is 0.380 e. The molecule has 150 valence electrons. The summed E-state index contributed by atoms with van der Waals surface area (Å²) in [6.45, 7) is 0.267. The summed E-state index contributed by atoms with van der Waals surface area (Å²) in [7, 11) is -3.02. The Morgan fingerprint density at radius 3 is 2.32 bits per heavy atom. The summed E-state index contributed by atoms with van der Waals surface area (Å²) < 4.78 is 62.8. The summed E-state index contributed by atoms with van der Waals surface area (Å²) in [5, 5.41) is 0. The van der Waals surface area contributed by atoms with Crippen molar-refractivity contribution >= 4 is 39.9 Å². The molecular weight excluding hydrogens is 408 g/mol. The van der Waals surface area contributed by atoms with Crippen LogP contribution in [0.25, 0.3) is 12.2 Å². The van der Waals surface area contributed by atoms with Gasteiger partial charge in [0.15, 0.2) is 0 Å². The molecule has 28 heavy (non-hydrogen) atoms. The van der Waals surface area contributed by atoms with Crippen molar-refractivity contribution in [1.29, 1.82) is 0 Å². The fourth-order valence-electron chi connectivity index (χ4n) is 2.46. The van der Waals surface area contributed by atoms with Gasteiger partial charge in [-0.05, 0) is 28.8 Å². The van der Waals surface area contributed by atoms with Gasteiger partial charge in [0.05, 0.1) is 6.61 Å². The second-order valence-corrected chi connectivity index (χ2v) is 7.65. The minimum Gasteiger partial charge on any atom is -0.380 e. The minimum absolute atomic E-state index is 0.00772. The maximum absolute atomic E-state index is 11.7. The maximum Gasteiger partial charge on any atom is 0.357 e. The second-order valence-electron chi connectivity index (χ2n) is 5.66. The van der Waals surface area contributed by atoms with Crippen LogP contribution in [-0.4, -0.2) is 35.1 Å². The molecule has 0 aliphatic rings. The molecular formula is C18H18O8S2. The lowest BCUT2D eigenvalue weighted by Gasteiger charge is -2.09. The molecule has 0 radical (unpaired) electrons. The quantitative estimate of drug-likeness (QED) is 0.271. The van der Waals surface area contributed by atoms with E-state index < -0.39 is 21.5 Å². The Kier molecular flexibility index (Phi) is 7.61. The molecule has 0 fully saturated rings. The van der Waals surface area contributed by atoms with Crippen molar-refractivity contribution in [2.45, 2.75) is 17.9 Å². The van der Waals surface area contributed by atoms with E-state index in [2.05, 4.69) is 0 Å². The summed E-state index contributed by atoms with van der Waals surface area (Å²) in [5.41, 5.74) is 1.72. The molecule has 10 heteroatoms. The number of rotatable bonds is 9. The Morgan fingerprint density at radius 1 is 1.07 bits per heavy atom. The number of ether oxygens (including phenoxy) is 1. The van der Waals surface area contributed by atoms with Gasteiger partial charge in [0.2, 0.25) is 0 Å². The van der Waals surface area contributed by atoms with Gasteiger partial charge in [0.25, 0.3) is 10.1 Å². The van der Waals surface area contributed by atoms with E-state index in [4.69, 9.17) is 13.5 Å². The predicted octanol–water partition coefficient (Wildman–Crippen LogP) is 2.51. The molecule has 2 aromatic rings. The summed E-state index contributed by atoms with van der Waals surface area (Å²) >= 11 is -2.55. The Bertz CT molecular complexity index is 1010. The molecule has 0 aliphatic carbocycles. The first-order valence-corrected chi connectivity index (χ1v) is 10.3. The van der Waals surface area contributed by atoms with Gasteiger partial charge in [-0.15, -0.1) is 0 Å². The van der Waals surface area contributed by atoms with Crippen LogP contribution in [0.3, 0.4) is 0 Å². The van der Waals surface area contributed by atoms with Gasteiger partial charge >= 0.3 is 11.4 Å². The van der Waals surface area contributed by atoms with E-state index in [1.807, 2.05) is 0 Å². The number of hydrogen-bond acceptors (Lipinski definition) is 6.